The van der Waals surface area contributed by atoms with Crippen molar-refractivity contribution in [1.82, 2.24) is 0 Å². The van der Waals surface area contributed by atoms with E-state index in [1.807, 2.05) is 30.0 Å². The average Bonchev–Trinajstić information content (AvgIpc) is 2.81. The first kappa shape index (κ1) is 13.3. The number of ether oxygens (including phenoxy) is 2. The molecule has 0 aliphatic carbocycles. The minimum atomic E-state index is 0.127. The molecule has 1 aromatic carbocycles. The van der Waals surface area contributed by atoms with Crippen molar-refractivity contribution < 1.29 is 14.3 Å². The van der Waals surface area contributed by atoms with Gasteiger partial charge in [0.05, 0.1) is 7.11 Å². The molecule has 0 bridgehead atoms. The van der Waals surface area contributed by atoms with Crippen molar-refractivity contribution in [2.24, 2.45) is 0 Å². The summed E-state index contributed by atoms with van der Waals surface area (Å²) in [7, 11) is 1.62. The van der Waals surface area contributed by atoms with Crippen LogP contribution in [0.15, 0.2) is 18.2 Å². The second kappa shape index (κ2) is 6.14. The molecule has 1 atom stereocenters. The molecule has 1 heterocycles. The first-order chi connectivity index (χ1) is 8.70. The highest BCUT2D eigenvalue weighted by atomic mass is 32.2. The summed E-state index contributed by atoms with van der Waals surface area (Å²) in [6.45, 7) is 1.58. The summed E-state index contributed by atoms with van der Waals surface area (Å²) < 4.78 is 11.4. The van der Waals surface area contributed by atoms with E-state index in [1.54, 1.807) is 14.0 Å². The summed E-state index contributed by atoms with van der Waals surface area (Å²) in [5.41, 5.74) is 0.896. The average molecular weight is 266 g/mol. The van der Waals surface area contributed by atoms with E-state index in [2.05, 4.69) is 0 Å². The van der Waals surface area contributed by atoms with E-state index in [0.717, 1.165) is 29.2 Å². The summed E-state index contributed by atoms with van der Waals surface area (Å²) in [5, 5.41) is 0. The van der Waals surface area contributed by atoms with Crippen molar-refractivity contribution in [2.75, 3.05) is 18.6 Å². The SMILES string of the molecule is COc1c(CC(C)=O)cccc1OC1CCSC1. The molecule has 0 radical (unpaired) electrons. The van der Waals surface area contributed by atoms with Crippen molar-refractivity contribution in [3.63, 3.8) is 0 Å². The number of hydrogen-bond donors (Lipinski definition) is 0. The Bertz CT molecular complexity index is 425. The standard InChI is InChI=1S/C14H18O3S/c1-10(15)8-11-4-3-5-13(14(11)16-2)17-12-6-7-18-9-12/h3-5,12H,6-9H2,1-2H3. The Kier molecular flexibility index (Phi) is 4.53. The molecule has 1 saturated heterocycles. The van der Waals surface area contributed by atoms with Gasteiger partial charge in [-0.3, -0.25) is 4.79 Å². The second-order valence-corrected chi connectivity index (χ2v) is 5.58. The highest BCUT2D eigenvalue weighted by Crippen LogP contribution is 2.34. The van der Waals surface area contributed by atoms with Crippen LogP contribution in [0.1, 0.15) is 18.9 Å². The van der Waals surface area contributed by atoms with Crippen LogP contribution in [0, 0.1) is 0 Å². The number of thioether (sulfide) groups is 1. The zero-order valence-electron chi connectivity index (χ0n) is 10.8. The Labute approximate surface area is 112 Å². The maximum Gasteiger partial charge on any atom is 0.164 e. The van der Waals surface area contributed by atoms with Gasteiger partial charge in [0.25, 0.3) is 0 Å². The maximum atomic E-state index is 11.2. The van der Waals surface area contributed by atoms with Gasteiger partial charge in [0.2, 0.25) is 0 Å². The van der Waals surface area contributed by atoms with Gasteiger partial charge in [0.1, 0.15) is 11.9 Å². The van der Waals surface area contributed by atoms with E-state index in [0.29, 0.717) is 12.2 Å². The minimum absolute atomic E-state index is 0.127. The van der Waals surface area contributed by atoms with Crippen LogP contribution < -0.4 is 9.47 Å². The summed E-state index contributed by atoms with van der Waals surface area (Å²) in [6, 6.07) is 5.74. The molecule has 0 spiro atoms. The van der Waals surface area contributed by atoms with Gasteiger partial charge in [-0.05, 0) is 25.2 Å². The number of carbonyl (C=O) groups excluding carboxylic acids is 1. The molecule has 4 heteroatoms. The molecule has 2 rings (SSSR count). The van der Waals surface area contributed by atoms with Gasteiger partial charge in [-0.1, -0.05) is 12.1 Å². The van der Waals surface area contributed by atoms with E-state index in [-0.39, 0.29) is 11.9 Å². The largest absolute Gasteiger partial charge is 0.493 e. The molecule has 1 fully saturated rings. The van der Waals surface area contributed by atoms with Crippen molar-refractivity contribution in [3.05, 3.63) is 23.8 Å². The van der Waals surface area contributed by atoms with Gasteiger partial charge < -0.3 is 9.47 Å². The third kappa shape index (κ3) is 3.19. The molecular weight excluding hydrogens is 248 g/mol. The van der Waals surface area contributed by atoms with Crippen molar-refractivity contribution in [2.45, 2.75) is 25.9 Å². The van der Waals surface area contributed by atoms with E-state index in [4.69, 9.17) is 9.47 Å². The molecule has 0 N–H and O–H groups in total. The van der Waals surface area contributed by atoms with Crippen molar-refractivity contribution in [3.8, 4) is 11.5 Å². The Morgan fingerprint density at radius 2 is 2.33 bits per heavy atom. The molecule has 3 nitrogen and oxygen atoms in total. The molecule has 1 aromatic rings. The second-order valence-electron chi connectivity index (χ2n) is 4.43. The van der Waals surface area contributed by atoms with Crippen LogP contribution in [-0.2, 0) is 11.2 Å². The van der Waals surface area contributed by atoms with Crippen molar-refractivity contribution >= 4 is 17.5 Å². The number of ketones is 1. The van der Waals surface area contributed by atoms with Gasteiger partial charge in [-0.15, -0.1) is 0 Å². The quantitative estimate of drug-likeness (QED) is 0.821. The Morgan fingerprint density at radius 3 is 2.94 bits per heavy atom. The number of rotatable bonds is 5. The molecule has 0 aromatic heterocycles. The predicted octanol–water partition coefficient (Wildman–Crippen LogP) is 2.71. The minimum Gasteiger partial charge on any atom is -0.493 e. The molecule has 1 aliphatic heterocycles. The fraction of sp³-hybridized carbons (Fsp3) is 0.500. The van der Waals surface area contributed by atoms with E-state index in [9.17, 15) is 4.79 Å². The lowest BCUT2D eigenvalue weighted by Gasteiger charge is -2.17. The monoisotopic (exact) mass is 266 g/mol. The first-order valence-corrected chi connectivity index (χ1v) is 7.26. The van der Waals surface area contributed by atoms with Gasteiger partial charge in [-0.25, -0.2) is 0 Å². The first-order valence-electron chi connectivity index (χ1n) is 6.10. The molecule has 98 valence electrons. The van der Waals surface area contributed by atoms with Gasteiger partial charge >= 0.3 is 0 Å². The number of benzene rings is 1. The summed E-state index contributed by atoms with van der Waals surface area (Å²) in [4.78, 5) is 11.2. The third-order valence-corrected chi connectivity index (χ3v) is 4.02. The van der Waals surface area contributed by atoms with Crippen LogP contribution in [-0.4, -0.2) is 30.5 Å². The number of para-hydroxylation sites is 1. The van der Waals surface area contributed by atoms with Crippen LogP contribution in [0.5, 0.6) is 11.5 Å². The topological polar surface area (TPSA) is 35.5 Å². The molecule has 1 unspecified atom stereocenters. The number of Topliss-reactive ketones (excluding diaryl/α,β-unsaturated/α-hetero) is 1. The fourth-order valence-corrected chi connectivity index (χ4v) is 3.17. The van der Waals surface area contributed by atoms with E-state index < -0.39 is 0 Å². The Morgan fingerprint density at radius 1 is 1.50 bits per heavy atom. The third-order valence-electron chi connectivity index (χ3n) is 2.89. The number of carbonyl (C=O) groups is 1. The van der Waals surface area contributed by atoms with Crippen LogP contribution in [0.25, 0.3) is 0 Å². The summed E-state index contributed by atoms with van der Waals surface area (Å²) >= 11 is 1.91. The highest BCUT2D eigenvalue weighted by molar-refractivity contribution is 7.99. The Hall–Kier alpha value is -1.16. The van der Waals surface area contributed by atoms with Crippen molar-refractivity contribution in [1.29, 1.82) is 0 Å². The summed E-state index contributed by atoms with van der Waals surface area (Å²) in [6.07, 6.45) is 1.72. The van der Waals surface area contributed by atoms with Gasteiger partial charge in [0, 0.05) is 17.7 Å². The predicted molar refractivity (Wildman–Crippen MR) is 73.7 cm³/mol. The lowest BCUT2D eigenvalue weighted by atomic mass is 10.1. The van der Waals surface area contributed by atoms with Crippen LogP contribution in [0.4, 0.5) is 0 Å². The zero-order chi connectivity index (χ0) is 13.0. The highest BCUT2D eigenvalue weighted by Gasteiger charge is 2.20. The van der Waals surface area contributed by atoms with Gasteiger partial charge in [0.15, 0.2) is 11.5 Å². The lowest BCUT2D eigenvalue weighted by Crippen LogP contribution is -2.15. The zero-order valence-corrected chi connectivity index (χ0v) is 11.6. The number of hydrogen-bond acceptors (Lipinski definition) is 4. The normalized spacial score (nSPS) is 18.7. The Balaban J connectivity index is 2.19. The van der Waals surface area contributed by atoms with Crippen LogP contribution >= 0.6 is 11.8 Å². The smallest absolute Gasteiger partial charge is 0.164 e. The van der Waals surface area contributed by atoms with Gasteiger partial charge in [-0.2, -0.15) is 11.8 Å². The fourth-order valence-electron chi connectivity index (χ4n) is 2.08. The molecular formula is C14H18O3S. The lowest BCUT2D eigenvalue weighted by molar-refractivity contribution is -0.116. The van der Waals surface area contributed by atoms with E-state index >= 15 is 0 Å². The number of methoxy groups -OCH3 is 1. The van der Waals surface area contributed by atoms with Crippen LogP contribution in [0.2, 0.25) is 0 Å². The molecule has 18 heavy (non-hydrogen) atoms. The molecule has 0 saturated carbocycles. The molecule has 1 aliphatic rings. The summed E-state index contributed by atoms with van der Waals surface area (Å²) in [5.74, 6) is 3.76. The van der Waals surface area contributed by atoms with Crippen LogP contribution in [0.3, 0.4) is 0 Å². The van der Waals surface area contributed by atoms with E-state index in [1.165, 1.54) is 0 Å². The maximum absolute atomic E-state index is 11.2. The molecule has 0 amide bonds.